The van der Waals surface area contributed by atoms with Gasteiger partial charge in [0.2, 0.25) is 5.91 Å². The summed E-state index contributed by atoms with van der Waals surface area (Å²) >= 11 is 0. The van der Waals surface area contributed by atoms with Gasteiger partial charge in [-0.1, -0.05) is 0 Å². The van der Waals surface area contributed by atoms with E-state index in [1.165, 1.54) is 0 Å². The average Bonchev–Trinajstić information content (AvgIpc) is 2.46. The quantitative estimate of drug-likeness (QED) is 0.768. The van der Waals surface area contributed by atoms with Crippen molar-refractivity contribution >= 4 is 28.2 Å². The molecule has 0 spiro atoms. The highest BCUT2D eigenvalue weighted by atomic mass is 35.5. The van der Waals surface area contributed by atoms with Gasteiger partial charge in [0.25, 0.3) is 0 Å². The molecule has 1 aliphatic carbocycles. The van der Waals surface area contributed by atoms with Gasteiger partial charge >= 0.3 is 6.18 Å². The SMILES string of the molecule is CS(=O)(=O)C1(C(=O)NC2CCC(C(F)(F)F)CC2)CCNCC1.Cl. The van der Waals surface area contributed by atoms with Gasteiger partial charge in [-0.25, -0.2) is 8.42 Å². The number of sulfone groups is 1. The molecule has 0 atom stereocenters. The van der Waals surface area contributed by atoms with Crippen molar-refractivity contribution in [2.24, 2.45) is 5.92 Å². The molecule has 24 heavy (non-hydrogen) atoms. The predicted octanol–water partition coefficient (Wildman–Crippen LogP) is 1.81. The van der Waals surface area contributed by atoms with E-state index in [4.69, 9.17) is 0 Å². The first kappa shape index (κ1) is 21.5. The molecular formula is C14H24ClF3N2O3S. The van der Waals surface area contributed by atoms with Crippen molar-refractivity contribution in [2.45, 2.75) is 55.5 Å². The van der Waals surface area contributed by atoms with Crippen molar-refractivity contribution in [3.8, 4) is 0 Å². The number of carbonyl (C=O) groups is 1. The van der Waals surface area contributed by atoms with Crippen LogP contribution in [-0.4, -0.2) is 50.6 Å². The standard InChI is InChI=1S/C14H23F3N2O3S.ClH/c1-23(21,22)13(6-8-18-9-7-13)12(20)19-11-4-2-10(3-5-11)14(15,16)17;/h10-11,18H,2-9H2,1H3,(H,19,20);1H. The van der Waals surface area contributed by atoms with Gasteiger partial charge in [0.15, 0.2) is 14.6 Å². The Morgan fingerprint density at radius 1 is 1.12 bits per heavy atom. The molecule has 1 saturated carbocycles. The zero-order valence-electron chi connectivity index (χ0n) is 13.5. The number of hydrogen-bond acceptors (Lipinski definition) is 4. The number of nitrogens with one attached hydrogen (secondary N) is 2. The van der Waals surface area contributed by atoms with Crippen molar-refractivity contribution in [1.82, 2.24) is 10.6 Å². The van der Waals surface area contributed by atoms with Crippen molar-refractivity contribution in [1.29, 1.82) is 0 Å². The third kappa shape index (κ3) is 4.54. The Morgan fingerprint density at radius 2 is 1.62 bits per heavy atom. The van der Waals surface area contributed by atoms with Gasteiger partial charge in [-0.15, -0.1) is 12.4 Å². The molecule has 0 aromatic carbocycles. The second-order valence-electron chi connectivity index (χ2n) is 6.58. The Bertz CT molecular complexity index is 540. The maximum absolute atomic E-state index is 12.7. The second kappa shape index (κ2) is 7.78. The van der Waals surface area contributed by atoms with E-state index in [9.17, 15) is 26.4 Å². The summed E-state index contributed by atoms with van der Waals surface area (Å²) in [5.41, 5.74) is 0. The summed E-state index contributed by atoms with van der Waals surface area (Å²) in [7, 11) is -3.60. The Kier molecular flexibility index (Phi) is 6.97. The van der Waals surface area contributed by atoms with Crippen LogP contribution in [0.4, 0.5) is 13.2 Å². The van der Waals surface area contributed by atoms with Crippen LogP contribution in [0.15, 0.2) is 0 Å². The topological polar surface area (TPSA) is 75.3 Å². The van der Waals surface area contributed by atoms with Gasteiger partial charge < -0.3 is 10.6 Å². The smallest absolute Gasteiger partial charge is 0.352 e. The minimum absolute atomic E-state index is 0. The Morgan fingerprint density at radius 3 is 2.04 bits per heavy atom. The Balaban J connectivity index is 0.00000288. The molecule has 2 rings (SSSR count). The third-order valence-electron chi connectivity index (χ3n) is 5.06. The number of hydrogen-bond donors (Lipinski definition) is 2. The zero-order valence-corrected chi connectivity index (χ0v) is 15.1. The number of halogens is 4. The fourth-order valence-electron chi connectivity index (χ4n) is 3.48. The summed E-state index contributed by atoms with van der Waals surface area (Å²) in [5, 5.41) is 5.72. The molecule has 0 aromatic heterocycles. The van der Waals surface area contributed by atoms with Crippen molar-refractivity contribution in [3.05, 3.63) is 0 Å². The molecular weight excluding hydrogens is 369 g/mol. The second-order valence-corrected chi connectivity index (χ2v) is 8.91. The van der Waals surface area contributed by atoms with Crippen LogP contribution < -0.4 is 10.6 Å². The first-order valence-electron chi connectivity index (χ1n) is 7.84. The molecule has 142 valence electrons. The van der Waals surface area contributed by atoms with Crippen LogP contribution in [-0.2, 0) is 14.6 Å². The molecule has 2 aliphatic rings. The van der Waals surface area contributed by atoms with Gasteiger partial charge in [0, 0.05) is 12.3 Å². The average molecular weight is 393 g/mol. The van der Waals surface area contributed by atoms with Crippen LogP contribution in [0.3, 0.4) is 0 Å². The van der Waals surface area contributed by atoms with Crippen molar-refractivity contribution < 1.29 is 26.4 Å². The number of alkyl halides is 3. The Hall–Kier alpha value is -0.540. The van der Waals surface area contributed by atoms with E-state index < -0.39 is 32.6 Å². The molecule has 1 saturated heterocycles. The van der Waals surface area contributed by atoms with Gasteiger partial charge in [-0.2, -0.15) is 13.2 Å². The van der Waals surface area contributed by atoms with Crippen LogP contribution in [0.5, 0.6) is 0 Å². The van der Waals surface area contributed by atoms with Crippen LogP contribution in [0.2, 0.25) is 0 Å². The highest BCUT2D eigenvalue weighted by Crippen LogP contribution is 2.38. The lowest BCUT2D eigenvalue weighted by atomic mass is 9.85. The maximum atomic E-state index is 12.7. The Labute approximate surface area is 146 Å². The van der Waals surface area contributed by atoms with Crippen molar-refractivity contribution in [3.63, 3.8) is 0 Å². The first-order valence-corrected chi connectivity index (χ1v) is 9.73. The number of carbonyl (C=O) groups excluding carboxylic acids is 1. The number of piperidine rings is 1. The summed E-state index contributed by atoms with van der Waals surface area (Å²) in [4.78, 5) is 12.6. The van der Waals surface area contributed by atoms with E-state index in [-0.39, 0.29) is 57.0 Å². The summed E-state index contributed by atoms with van der Waals surface area (Å²) in [6, 6.07) is -0.380. The lowest BCUT2D eigenvalue weighted by molar-refractivity contribution is -0.182. The minimum atomic E-state index is -4.20. The lowest BCUT2D eigenvalue weighted by Gasteiger charge is -2.37. The summed E-state index contributed by atoms with van der Waals surface area (Å²) in [6.07, 6.45) is -2.35. The summed E-state index contributed by atoms with van der Waals surface area (Å²) < 4.78 is 60.8. The third-order valence-corrected chi connectivity index (χ3v) is 7.07. The maximum Gasteiger partial charge on any atom is 0.391 e. The van der Waals surface area contributed by atoms with E-state index in [0.717, 1.165) is 6.26 Å². The van der Waals surface area contributed by atoms with Crippen LogP contribution in [0.25, 0.3) is 0 Å². The molecule has 1 heterocycles. The molecule has 0 bridgehead atoms. The molecule has 5 nitrogen and oxygen atoms in total. The lowest BCUT2D eigenvalue weighted by Crippen LogP contribution is -2.59. The van der Waals surface area contributed by atoms with Crippen LogP contribution >= 0.6 is 12.4 Å². The fraction of sp³-hybridized carbons (Fsp3) is 0.929. The van der Waals surface area contributed by atoms with E-state index in [1.54, 1.807) is 0 Å². The predicted molar refractivity (Wildman–Crippen MR) is 86.9 cm³/mol. The van der Waals surface area contributed by atoms with E-state index in [0.29, 0.717) is 13.1 Å². The van der Waals surface area contributed by atoms with Gasteiger partial charge in [0.1, 0.15) is 0 Å². The zero-order chi connectivity index (χ0) is 17.3. The first-order chi connectivity index (χ1) is 10.6. The monoisotopic (exact) mass is 392 g/mol. The van der Waals surface area contributed by atoms with E-state index in [1.807, 2.05) is 0 Å². The molecule has 1 amide bonds. The van der Waals surface area contributed by atoms with Crippen LogP contribution in [0, 0.1) is 5.92 Å². The molecule has 0 unspecified atom stereocenters. The molecule has 1 aliphatic heterocycles. The largest absolute Gasteiger partial charge is 0.391 e. The molecule has 2 N–H and O–H groups in total. The summed E-state index contributed by atoms with van der Waals surface area (Å²) in [5.74, 6) is -1.88. The molecule has 0 aromatic rings. The molecule has 10 heteroatoms. The van der Waals surface area contributed by atoms with Gasteiger partial charge in [0.05, 0.1) is 5.92 Å². The highest BCUT2D eigenvalue weighted by Gasteiger charge is 2.49. The van der Waals surface area contributed by atoms with Gasteiger partial charge in [-0.05, 0) is 51.6 Å². The van der Waals surface area contributed by atoms with Gasteiger partial charge in [-0.3, -0.25) is 4.79 Å². The molecule has 0 radical (unpaired) electrons. The number of rotatable bonds is 3. The highest BCUT2D eigenvalue weighted by molar-refractivity contribution is 7.92. The number of amides is 1. The van der Waals surface area contributed by atoms with E-state index in [2.05, 4.69) is 10.6 Å². The van der Waals surface area contributed by atoms with Crippen molar-refractivity contribution in [2.75, 3.05) is 19.3 Å². The summed E-state index contributed by atoms with van der Waals surface area (Å²) in [6.45, 7) is 0.864. The van der Waals surface area contributed by atoms with E-state index >= 15 is 0 Å². The van der Waals surface area contributed by atoms with Crippen LogP contribution in [0.1, 0.15) is 38.5 Å². The minimum Gasteiger partial charge on any atom is -0.352 e. The fourth-order valence-corrected chi connectivity index (χ4v) is 4.82. The normalized spacial score (nSPS) is 27.8. The molecule has 2 fully saturated rings.